The van der Waals surface area contributed by atoms with Gasteiger partial charge < -0.3 is 15.2 Å². The molecule has 2 aliphatic rings. The lowest BCUT2D eigenvalue weighted by molar-refractivity contribution is 0.237. The number of nitrogens with one attached hydrogen (secondary N) is 2. The lowest BCUT2D eigenvalue weighted by Crippen LogP contribution is -2.54. The summed E-state index contributed by atoms with van der Waals surface area (Å²) in [5.74, 6) is 2.27. The average molecular weight is 505 g/mol. The van der Waals surface area contributed by atoms with E-state index in [1.165, 1.54) is 5.56 Å². The van der Waals surface area contributed by atoms with Crippen LogP contribution < -0.4 is 10.9 Å². The van der Waals surface area contributed by atoms with E-state index in [0.717, 1.165) is 31.4 Å². The van der Waals surface area contributed by atoms with E-state index in [0.29, 0.717) is 23.0 Å². The number of hydrogen-bond acceptors (Lipinski definition) is 6. The number of guanidine groups is 1. The topological polar surface area (TPSA) is 91.2 Å². The number of likely N-dealkylation sites (tertiary alicyclic amines) is 1. The molecular weight excluding hydrogens is 481 g/mol. The first-order valence-corrected chi connectivity index (χ1v) is 9.63. The van der Waals surface area contributed by atoms with Crippen molar-refractivity contribution in [1.82, 2.24) is 30.0 Å². The molecular formula is C20H24IN7O. The maximum absolute atomic E-state index is 12.2. The fourth-order valence-corrected chi connectivity index (χ4v) is 3.97. The minimum atomic E-state index is -0.125. The van der Waals surface area contributed by atoms with Gasteiger partial charge in [-0.15, -0.1) is 24.0 Å². The lowest BCUT2D eigenvalue weighted by atomic mass is 9.94. The maximum Gasteiger partial charge on any atom is 0.262 e. The molecule has 2 N–H and O–H groups in total. The van der Waals surface area contributed by atoms with Crippen LogP contribution >= 0.6 is 24.0 Å². The second kappa shape index (κ2) is 7.77. The minimum absolute atomic E-state index is 0. The summed E-state index contributed by atoms with van der Waals surface area (Å²) in [4.78, 5) is 26.7. The SMILES string of the molecule is CC(c1ccccc1)C1CN=C(N2CC(c3nc4c(cnn4C)c(=O)[nH]3)C2)N1.I. The van der Waals surface area contributed by atoms with E-state index in [2.05, 4.69) is 56.5 Å². The zero-order valence-electron chi connectivity index (χ0n) is 16.4. The standard InChI is InChI=1S/C20H23N7O.HI/c1-12(13-6-4-3-5-7-13)16-9-21-20(23-16)27-10-14(11-27)17-24-18-15(19(28)25-17)8-22-26(18)2;/h3-8,12,14,16H,9-11H2,1-2H3,(H,21,23)(H,24,25,28);1H. The minimum Gasteiger partial charge on any atom is -0.351 e. The van der Waals surface area contributed by atoms with Gasteiger partial charge in [0.2, 0.25) is 0 Å². The molecule has 0 radical (unpaired) electrons. The van der Waals surface area contributed by atoms with Crippen LogP contribution in [0.25, 0.3) is 11.0 Å². The van der Waals surface area contributed by atoms with Crippen LogP contribution in [-0.2, 0) is 7.05 Å². The highest BCUT2D eigenvalue weighted by molar-refractivity contribution is 14.0. The zero-order valence-corrected chi connectivity index (χ0v) is 18.7. The van der Waals surface area contributed by atoms with Gasteiger partial charge >= 0.3 is 0 Å². The summed E-state index contributed by atoms with van der Waals surface area (Å²) in [7, 11) is 1.80. The normalized spacial score (nSPS) is 20.0. The van der Waals surface area contributed by atoms with Crippen molar-refractivity contribution in [2.24, 2.45) is 12.0 Å². The Bertz CT molecular complexity index is 1100. The van der Waals surface area contributed by atoms with Crippen LogP contribution in [0.5, 0.6) is 0 Å². The second-order valence-electron chi connectivity index (χ2n) is 7.67. The number of rotatable bonds is 3. The summed E-state index contributed by atoms with van der Waals surface area (Å²) in [6.07, 6.45) is 1.56. The molecule has 1 fully saturated rings. The second-order valence-corrected chi connectivity index (χ2v) is 7.67. The van der Waals surface area contributed by atoms with Gasteiger partial charge in [-0.3, -0.25) is 14.5 Å². The van der Waals surface area contributed by atoms with Gasteiger partial charge in [0.1, 0.15) is 11.2 Å². The number of aryl methyl sites for hydroxylation is 1. The third-order valence-corrected chi connectivity index (χ3v) is 5.87. The molecule has 4 heterocycles. The van der Waals surface area contributed by atoms with Gasteiger partial charge in [-0.25, -0.2) is 4.98 Å². The molecule has 29 heavy (non-hydrogen) atoms. The summed E-state index contributed by atoms with van der Waals surface area (Å²) in [5, 5.41) is 8.23. The Morgan fingerprint density at radius 3 is 2.72 bits per heavy atom. The molecule has 5 rings (SSSR count). The van der Waals surface area contributed by atoms with Crippen LogP contribution in [0.15, 0.2) is 46.3 Å². The molecule has 0 amide bonds. The number of aliphatic imine (C=N–C) groups is 1. The van der Waals surface area contributed by atoms with E-state index in [1.54, 1.807) is 17.9 Å². The van der Waals surface area contributed by atoms with Crippen molar-refractivity contribution in [1.29, 1.82) is 0 Å². The van der Waals surface area contributed by atoms with Gasteiger partial charge in [0.15, 0.2) is 11.6 Å². The number of fused-ring (bicyclic) bond motifs is 1. The van der Waals surface area contributed by atoms with Crippen molar-refractivity contribution in [2.75, 3.05) is 19.6 Å². The lowest BCUT2D eigenvalue weighted by Gasteiger charge is -2.40. The van der Waals surface area contributed by atoms with Crippen molar-refractivity contribution in [3.63, 3.8) is 0 Å². The number of H-pyrrole nitrogens is 1. The van der Waals surface area contributed by atoms with E-state index >= 15 is 0 Å². The first-order chi connectivity index (χ1) is 13.6. The van der Waals surface area contributed by atoms with Crippen molar-refractivity contribution in [3.05, 3.63) is 58.3 Å². The molecule has 2 aliphatic heterocycles. The maximum atomic E-state index is 12.2. The van der Waals surface area contributed by atoms with Crippen molar-refractivity contribution in [2.45, 2.75) is 24.8 Å². The third-order valence-electron chi connectivity index (χ3n) is 5.87. The van der Waals surface area contributed by atoms with Crippen molar-refractivity contribution in [3.8, 4) is 0 Å². The number of aromatic nitrogens is 4. The Labute approximate surface area is 185 Å². The molecule has 0 saturated carbocycles. The highest BCUT2D eigenvalue weighted by atomic mass is 127. The predicted octanol–water partition coefficient (Wildman–Crippen LogP) is 1.81. The molecule has 2 unspecified atom stereocenters. The van der Waals surface area contributed by atoms with Gasteiger partial charge in [0.05, 0.1) is 24.7 Å². The molecule has 0 bridgehead atoms. The Morgan fingerprint density at radius 2 is 1.97 bits per heavy atom. The quantitative estimate of drug-likeness (QED) is 0.530. The van der Waals surface area contributed by atoms with Crippen LogP contribution in [-0.4, -0.2) is 56.3 Å². The Balaban J connectivity index is 0.00000205. The molecule has 0 spiro atoms. The monoisotopic (exact) mass is 505 g/mol. The van der Waals surface area contributed by atoms with E-state index in [9.17, 15) is 4.79 Å². The molecule has 1 aromatic carbocycles. The van der Waals surface area contributed by atoms with Gasteiger partial charge in [0, 0.05) is 26.1 Å². The van der Waals surface area contributed by atoms with Crippen LogP contribution in [0.3, 0.4) is 0 Å². The van der Waals surface area contributed by atoms with Crippen LogP contribution in [0.2, 0.25) is 0 Å². The fourth-order valence-electron chi connectivity index (χ4n) is 3.97. The molecule has 2 aromatic heterocycles. The summed E-state index contributed by atoms with van der Waals surface area (Å²) < 4.78 is 1.64. The zero-order chi connectivity index (χ0) is 19.3. The van der Waals surface area contributed by atoms with Crippen molar-refractivity contribution < 1.29 is 0 Å². The largest absolute Gasteiger partial charge is 0.351 e. The van der Waals surface area contributed by atoms with Gasteiger partial charge in [-0.05, 0) is 5.56 Å². The number of halogens is 1. The number of nitrogens with zero attached hydrogens (tertiary/aromatic N) is 5. The highest BCUT2D eigenvalue weighted by Gasteiger charge is 2.36. The Morgan fingerprint density at radius 1 is 1.21 bits per heavy atom. The van der Waals surface area contributed by atoms with Crippen LogP contribution in [0.1, 0.15) is 30.1 Å². The predicted molar refractivity (Wildman–Crippen MR) is 123 cm³/mol. The van der Waals surface area contributed by atoms with Gasteiger partial charge in [-0.1, -0.05) is 37.3 Å². The van der Waals surface area contributed by atoms with Gasteiger partial charge in [0.25, 0.3) is 5.56 Å². The van der Waals surface area contributed by atoms with Crippen LogP contribution in [0, 0.1) is 0 Å². The smallest absolute Gasteiger partial charge is 0.262 e. The Kier molecular flexibility index (Phi) is 5.32. The third kappa shape index (κ3) is 3.52. The number of hydrogen-bond donors (Lipinski definition) is 2. The summed E-state index contributed by atoms with van der Waals surface area (Å²) in [6, 6.07) is 10.8. The van der Waals surface area contributed by atoms with Crippen LogP contribution in [0.4, 0.5) is 0 Å². The van der Waals surface area contributed by atoms with E-state index < -0.39 is 0 Å². The fraction of sp³-hybridized carbons (Fsp3) is 0.400. The van der Waals surface area contributed by atoms with Gasteiger partial charge in [-0.2, -0.15) is 5.10 Å². The molecule has 2 atom stereocenters. The average Bonchev–Trinajstić information content (AvgIpc) is 3.29. The van der Waals surface area contributed by atoms with E-state index in [1.807, 2.05) is 6.07 Å². The Hall–Kier alpha value is -2.43. The molecule has 3 aromatic rings. The highest BCUT2D eigenvalue weighted by Crippen LogP contribution is 2.27. The molecule has 9 heteroatoms. The van der Waals surface area contributed by atoms with E-state index in [4.69, 9.17) is 4.99 Å². The number of benzene rings is 1. The first kappa shape index (κ1) is 19.9. The summed E-state index contributed by atoms with van der Waals surface area (Å²) in [5.41, 5.74) is 1.83. The number of aromatic amines is 1. The van der Waals surface area contributed by atoms with Crippen molar-refractivity contribution >= 4 is 41.0 Å². The molecule has 152 valence electrons. The molecule has 0 aliphatic carbocycles. The molecule has 1 saturated heterocycles. The summed E-state index contributed by atoms with van der Waals surface area (Å²) >= 11 is 0. The molecule has 8 nitrogen and oxygen atoms in total. The first-order valence-electron chi connectivity index (χ1n) is 9.63. The summed E-state index contributed by atoms with van der Waals surface area (Å²) in [6.45, 7) is 4.61. The van der Waals surface area contributed by atoms with E-state index in [-0.39, 0.29) is 35.5 Å².